The summed E-state index contributed by atoms with van der Waals surface area (Å²) in [6.07, 6.45) is 0. The van der Waals surface area contributed by atoms with Crippen molar-refractivity contribution in [1.82, 2.24) is 5.32 Å². The highest BCUT2D eigenvalue weighted by molar-refractivity contribution is 5.98. The van der Waals surface area contributed by atoms with Gasteiger partial charge in [0.15, 0.2) is 0 Å². The Hall–Kier alpha value is -0.900. The first-order valence-electron chi connectivity index (χ1n) is 3.82. The van der Waals surface area contributed by atoms with Gasteiger partial charge in [0.05, 0.1) is 5.48 Å². The van der Waals surface area contributed by atoms with Crippen LogP contribution in [0.3, 0.4) is 0 Å². The molecule has 0 unspecified atom stereocenters. The molecule has 0 spiro atoms. The predicted molar refractivity (Wildman–Crippen MR) is 24.0 cm³/mol. The van der Waals surface area contributed by atoms with Gasteiger partial charge >= 0.3 is 0 Å². The van der Waals surface area contributed by atoms with Crippen molar-refractivity contribution in [2.24, 2.45) is 0 Å². The zero-order valence-electron chi connectivity index (χ0n) is 7.72. The molecule has 4 nitrogen and oxygen atoms in total. The van der Waals surface area contributed by atoms with Crippen LogP contribution in [0.2, 0.25) is 0 Å². The third-order valence-corrected chi connectivity index (χ3v) is 0.515. The van der Waals surface area contributed by atoms with E-state index >= 15 is 0 Å². The van der Waals surface area contributed by atoms with E-state index < -0.39 is 24.9 Å². The number of rotatable bonds is 0. The van der Waals surface area contributed by atoms with Gasteiger partial charge in [-0.25, -0.2) is 0 Å². The summed E-state index contributed by atoms with van der Waals surface area (Å²) < 4.78 is 31.3. The zero-order valence-corrected chi connectivity index (χ0v) is 3.72. The van der Waals surface area contributed by atoms with Crippen LogP contribution in [0.5, 0.6) is 0 Å². The molecule has 1 N–H and O–H groups in total. The first-order chi connectivity index (χ1) is 5.26. The third-order valence-electron chi connectivity index (χ3n) is 0.515. The first-order valence-corrected chi connectivity index (χ1v) is 1.82. The van der Waals surface area contributed by atoms with E-state index in [4.69, 9.17) is 5.48 Å². The minimum absolute atomic E-state index is 1.29. The quantitative estimate of drug-likeness (QED) is 0.401. The highest BCUT2D eigenvalue weighted by Gasteiger charge is 2.13. The van der Waals surface area contributed by atoms with Crippen LogP contribution in [0.1, 0.15) is 5.48 Å². The normalized spacial score (nSPS) is 40.5. The van der Waals surface area contributed by atoms with Crippen LogP contribution in [0.25, 0.3) is 0 Å². The van der Waals surface area contributed by atoms with Crippen LogP contribution in [0, 0.1) is 0 Å². The fraction of sp³-hybridized carbons (Fsp3) is 0.500. The molecule has 1 rings (SSSR count). The van der Waals surface area contributed by atoms with Gasteiger partial charge < -0.3 is 4.74 Å². The SMILES string of the molecule is [2H]C1([2H])OC([2H])([2H])C(=O)NC1=O. The van der Waals surface area contributed by atoms with E-state index in [1.807, 2.05) is 0 Å². The second-order valence-electron chi connectivity index (χ2n) is 1.09. The van der Waals surface area contributed by atoms with Crippen LogP contribution in [-0.2, 0) is 14.3 Å². The molecule has 8 heavy (non-hydrogen) atoms. The van der Waals surface area contributed by atoms with Crippen LogP contribution in [-0.4, -0.2) is 24.9 Å². The van der Waals surface area contributed by atoms with E-state index in [0.29, 0.717) is 0 Å². The molecule has 0 aromatic heterocycles. The smallest absolute Gasteiger partial charge is 0.252 e. The van der Waals surface area contributed by atoms with Crippen molar-refractivity contribution in [3.63, 3.8) is 0 Å². The summed E-state index contributed by atoms with van der Waals surface area (Å²) in [6.45, 7) is -5.59. The molecule has 0 atom stereocenters. The molecule has 0 saturated carbocycles. The molecule has 0 aromatic carbocycles. The average Bonchev–Trinajstić information content (AvgIpc) is 1.82. The highest BCUT2D eigenvalue weighted by atomic mass is 16.5. The standard InChI is InChI=1S/C4H5NO3/c6-3-1-8-2-4(7)5-3/h1-2H2,(H,5,6,7)/i1D2,2D2. The monoisotopic (exact) mass is 119 g/mol. The van der Waals surface area contributed by atoms with Crippen molar-refractivity contribution >= 4 is 11.8 Å². The molecule has 0 bridgehead atoms. The summed E-state index contributed by atoms with van der Waals surface area (Å²) in [7, 11) is 0. The number of morpholine rings is 1. The minimum atomic E-state index is -2.79. The Kier molecular flexibility index (Phi) is 0.514. The van der Waals surface area contributed by atoms with E-state index in [1.54, 1.807) is 0 Å². The Morgan fingerprint density at radius 3 is 2.38 bits per heavy atom. The van der Waals surface area contributed by atoms with Gasteiger partial charge in [0.25, 0.3) is 11.8 Å². The number of carbonyl (C=O) groups is 2. The molecule has 2 amide bonds. The largest absolute Gasteiger partial charge is 0.362 e. The molecule has 4 heteroatoms. The van der Waals surface area contributed by atoms with Crippen molar-refractivity contribution in [3.8, 4) is 0 Å². The Bertz CT molecular complexity index is 227. The number of nitrogens with one attached hydrogen (secondary N) is 1. The fourth-order valence-corrected chi connectivity index (χ4v) is 0.272. The van der Waals surface area contributed by atoms with Crippen molar-refractivity contribution in [2.75, 3.05) is 13.1 Å². The summed E-state index contributed by atoms with van der Waals surface area (Å²) in [5, 5.41) is 1.51. The maximum Gasteiger partial charge on any atom is 0.252 e. The topological polar surface area (TPSA) is 55.4 Å². The number of amides is 2. The average molecular weight is 119 g/mol. The lowest BCUT2D eigenvalue weighted by atomic mass is 10.5. The second-order valence-corrected chi connectivity index (χ2v) is 1.09. The number of hydrogen-bond donors (Lipinski definition) is 1. The van der Waals surface area contributed by atoms with Gasteiger partial charge in [0.1, 0.15) is 13.1 Å². The summed E-state index contributed by atoms with van der Waals surface area (Å²) in [4.78, 5) is 21.2. The van der Waals surface area contributed by atoms with Crippen LogP contribution in [0.4, 0.5) is 0 Å². The number of hydrogen-bond acceptors (Lipinski definition) is 3. The molecule has 1 fully saturated rings. The summed E-state index contributed by atoms with van der Waals surface area (Å²) in [6, 6.07) is 0. The molecule has 1 saturated heterocycles. The number of carbonyl (C=O) groups excluding carboxylic acids is 2. The van der Waals surface area contributed by atoms with Crippen molar-refractivity contribution < 1.29 is 19.8 Å². The van der Waals surface area contributed by atoms with Gasteiger partial charge in [-0.1, -0.05) is 0 Å². The highest BCUT2D eigenvalue weighted by Crippen LogP contribution is 1.82. The molecule has 44 valence electrons. The molecular formula is C4H5NO3. The van der Waals surface area contributed by atoms with Crippen LogP contribution in [0.15, 0.2) is 0 Å². The van der Waals surface area contributed by atoms with E-state index in [2.05, 4.69) is 4.74 Å². The van der Waals surface area contributed by atoms with E-state index in [-0.39, 0.29) is 0 Å². The molecular weight excluding hydrogens is 110 g/mol. The summed E-state index contributed by atoms with van der Waals surface area (Å²) in [5.41, 5.74) is 0. The van der Waals surface area contributed by atoms with Gasteiger partial charge in [-0.15, -0.1) is 0 Å². The molecule has 0 aliphatic carbocycles. The predicted octanol–water partition coefficient (Wildman–Crippen LogP) is -1.34. The second kappa shape index (κ2) is 1.92. The van der Waals surface area contributed by atoms with Crippen molar-refractivity contribution in [1.29, 1.82) is 0 Å². The maximum atomic E-state index is 10.6. The van der Waals surface area contributed by atoms with Gasteiger partial charge in [0.2, 0.25) is 0 Å². The Balaban J connectivity index is 2.93. The Morgan fingerprint density at radius 1 is 1.50 bits per heavy atom. The molecule has 1 aliphatic rings. The van der Waals surface area contributed by atoms with Crippen LogP contribution >= 0.6 is 0 Å². The summed E-state index contributed by atoms with van der Waals surface area (Å²) in [5.74, 6) is -2.58. The number of imide groups is 1. The van der Waals surface area contributed by atoms with E-state index in [0.717, 1.165) is 0 Å². The molecule has 1 heterocycles. The molecule has 0 aromatic rings. The Labute approximate surface area is 51.4 Å². The molecule has 1 aliphatic heterocycles. The van der Waals surface area contributed by atoms with Crippen molar-refractivity contribution in [2.45, 2.75) is 0 Å². The fourth-order valence-electron chi connectivity index (χ4n) is 0.272. The van der Waals surface area contributed by atoms with Gasteiger partial charge in [-0.2, -0.15) is 0 Å². The van der Waals surface area contributed by atoms with Crippen molar-refractivity contribution in [3.05, 3.63) is 0 Å². The van der Waals surface area contributed by atoms with Crippen LogP contribution < -0.4 is 5.32 Å². The summed E-state index contributed by atoms with van der Waals surface area (Å²) >= 11 is 0. The lowest BCUT2D eigenvalue weighted by Gasteiger charge is -2.09. The maximum absolute atomic E-state index is 10.6. The van der Waals surface area contributed by atoms with Gasteiger partial charge in [-0.05, 0) is 0 Å². The lowest BCUT2D eigenvalue weighted by molar-refractivity contribution is -0.142. The zero-order chi connectivity index (χ0) is 9.57. The Morgan fingerprint density at radius 2 is 2.00 bits per heavy atom. The van der Waals surface area contributed by atoms with Gasteiger partial charge in [-0.3, -0.25) is 14.9 Å². The van der Waals surface area contributed by atoms with E-state index in [9.17, 15) is 9.59 Å². The molecule has 0 radical (unpaired) electrons. The number of ether oxygens (including phenoxy) is 1. The van der Waals surface area contributed by atoms with Gasteiger partial charge in [0, 0.05) is 0 Å². The van der Waals surface area contributed by atoms with E-state index in [1.165, 1.54) is 5.32 Å². The minimum Gasteiger partial charge on any atom is -0.362 e. The lowest BCUT2D eigenvalue weighted by Crippen LogP contribution is -2.41. The third kappa shape index (κ3) is 1.04. The first kappa shape index (κ1) is 2.14.